The van der Waals surface area contributed by atoms with Crippen LogP contribution in [0.25, 0.3) is 0 Å². The molecule has 0 atom stereocenters. The summed E-state index contributed by atoms with van der Waals surface area (Å²) in [6.45, 7) is 2.08. The summed E-state index contributed by atoms with van der Waals surface area (Å²) in [6.07, 6.45) is 9.69. The molecule has 0 radical (unpaired) electrons. The summed E-state index contributed by atoms with van der Waals surface area (Å²) in [4.78, 5) is 9.68. The fraction of sp³-hybridized carbons (Fsp3) is 0.667. The molecule has 4 heteroatoms. The molecule has 4 bridgehead atoms. The van der Waals surface area contributed by atoms with Crippen molar-refractivity contribution >= 4 is 22.7 Å². The Bertz CT molecular complexity index is 664. The van der Waals surface area contributed by atoms with E-state index in [2.05, 4.69) is 22.7 Å². The maximum absolute atomic E-state index is 5.09. The van der Waals surface area contributed by atoms with E-state index < -0.39 is 0 Å². The number of aromatic nitrogens is 2. The average Bonchev–Trinajstić information content (AvgIpc) is 3.07. The summed E-state index contributed by atoms with van der Waals surface area (Å²) in [5.74, 6) is 2.99. The van der Waals surface area contributed by atoms with Gasteiger partial charge in [0.1, 0.15) is 0 Å². The number of hydrogen-bond acceptors (Lipinski definition) is 4. The molecule has 0 spiro atoms. The second kappa shape index (κ2) is 4.88. The number of hydrogen-bond donors (Lipinski definition) is 0. The predicted molar refractivity (Wildman–Crippen MR) is 91.6 cm³/mol. The molecule has 0 saturated heterocycles. The van der Waals surface area contributed by atoms with Crippen molar-refractivity contribution in [3.05, 3.63) is 32.2 Å². The fourth-order valence-corrected chi connectivity index (χ4v) is 7.25. The van der Waals surface area contributed by atoms with E-state index in [9.17, 15) is 0 Å². The normalized spacial score (nSPS) is 36.1. The van der Waals surface area contributed by atoms with E-state index in [1.54, 1.807) is 11.3 Å². The molecule has 6 rings (SSSR count). The first-order valence-electron chi connectivity index (χ1n) is 8.54. The number of nitrogens with zero attached hydrogens (tertiary/aromatic N) is 2. The topological polar surface area (TPSA) is 25.8 Å². The molecule has 2 aromatic heterocycles. The molecule has 0 N–H and O–H groups in total. The first kappa shape index (κ1) is 13.7. The molecule has 4 aliphatic rings. The van der Waals surface area contributed by atoms with Gasteiger partial charge in [0.05, 0.1) is 21.4 Å². The number of aryl methyl sites for hydroxylation is 1. The van der Waals surface area contributed by atoms with E-state index in [0.29, 0.717) is 5.41 Å². The van der Waals surface area contributed by atoms with Crippen molar-refractivity contribution in [3.8, 4) is 0 Å². The van der Waals surface area contributed by atoms with Gasteiger partial charge in [-0.3, -0.25) is 0 Å². The van der Waals surface area contributed by atoms with Gasteiger partial charge >= 0.3 is 0 Å². The van der Waals surface area contributed by atoms with Crippen molar-refractivity contribution in [2.75, 3.05) is 0 Å². The first-order chi connectivity index (χ1) is 10.7. The lowest BCUT2D eigenvalue weighted by Crippen LogP contribution is -2.48. The van der Waals surface area contributed by atoms with Gasteiger partial charge in [0, 0.05) is 22.6 Å². The van der Waals surface area contributed by atoms with Gasteiger partial charge in [0.25, 0.3) is 0 Å². The van der Waals surface area contributed by atoms with Gasteiger partial charge in [-0.05, 0) is 63.2 Å². The molecule has 0 aromatic carbocycles. The fourth-order valence-electron chi connectivity index (χ4n) is 5.70. The molecule has 0 aliphatic heterocycles. The highest BCUT2D eigenvalue weighted by Crippen LogP contribution is 2.60. The molecule has 4 aliphatic carbocycles. The first-order valence-corrected chi connectivity index (χ1v) is 10.3. The van der Waals surface area contributed by atoms with Crippen LogP contribution in [-0.2, 0) is 11.8 Å². The van der Waals surface area contributed by atoms with E-state index >= 15 is 0 Å². The van der Waals surface area contributed by atoms with Crippen LogP contribution in [0.3, 0.4) is 0 Å². The lowest BCUT2D eigenvalue weighted by molar-refractivity contribution is -0.00697. The Labute approximate surface area is 140 Å². The zero-order chi connectivity index (χ0) is 14.7. The molecule has 4 saturated carbocycles. The molecule has 2 aromatic rings. The Hall–Kier alpha value is -0.740. The van der Waals surface area contributed by atoms with Crippen molar-refractivity contribution in [2.45, 2.75) is 57.3 Å². The molecule has 116 valence electrons. The van der Waals surface area contributed by atoms with Crippen molar-refractivity contribution in [1.29, 1.82) is 0 Å². The van der Waals surface area contributed by atoms with E-state index in [-0.39, 0.29) is 0 Å². The maximum atomic E-state index is 5.09. The average molecular weight is 331 g/mol. The molecule has 2 heterocycles. The van der Waals surface area contributed by atoms with Gasteiger partial charge in [0.15, 0.2) is 0 Å². The predicted octanol–water partition coefficient (Wildman–Crippen LogP) is 4.97. The minimum absolute atomic E-state index is 0.446. The molecule has 0 amide bonds. The minimum atomic E-state index is 0.446. The van der Waals surface area contributed by atoms with Crippen LogP contribution in [0.1, 0.15) is 59.9 Å². The Kier molecular flexibility index (Phi) is 3.03. The SMILES string of the molecule is Cc1nc(Cc2nc(C34CC5CC(CC(C5)C3)C4)cs2)cs1. The minimum Gasteiger partial charge on any atom is -0.246 e. The summed E-state index contributed by atoms with van der Waals surface area (Å²) in [5, 5.41) is 6.98. The molecular weight excluding hydrogens is 308 g/mol. The summed E-state index contributed by atoms with van der Waals surface area (Å²) < 4.78 is 0. The van der Waals surface area contributed by atoms with Crippen LogP contribution >= 0.6 is 22.7 Å². The van der Waals surface area contributed by atoms with Crippen LogP contribution in [0.5, 0.6) is 0 Å². The Morgan fingerprint density at radius 3 is 2.27 bits per heavy atom. The van der Waals surface area contributed by atoms with Crippen molar-refractivity contribution in [2.24, 2.45) is 17.8 Å². The van der Waals surface area contributed by atoms with Crippen molar-refractivity contribution in [3.63, 3.8) is 0 Å². The second-order valence-corrected chi connectivity index (χ2v) is 9.86. The summed E-state index contributed by atoms with van der Waals surface area (Å²) in [5.41, 5.74) is 3.06. The Balaban J connectivity index is 1.42. The monoisotopic (exact) mass is 330 g/mol. The standard InChI is InChI=1S/C18H22N2S2/c1-11-19-15(9-21-11)5-17-20-16(10-22-17)18-6-12-2-13(7-18)4-14(3-12)8-18/h9-10,12-14H,2-8H2,1H3. The van der Waals surface area contributed by atoms with E-state index in [0.717, 1.165) is 29.2 Å². The zero-order valence-corrected chi connectivity index (χ0v) is 14.7. The van der Waals surface area contributed by atoms with Crippen molar-refractivity contribution in [1.82, 2.24) is 9.97 Å². The maximum Gasteiger partial charge on any atom is 0.0988 e. The highest BCUT2D eigenvalue weighted by atomic mass is 32.1. The van der Waals surface area contributed by atoms with E-state index in [1.165, 1.54) is 54.9 Å². The van der Waals surface area contributed by atoms with Gasteiger partial charge in [0.2, 0.25) is 0 Å². The molecule has 2 nitrogen and oxygen atoms in total. The van der Waals surface area contributed by atoms with Gasteiger partial charge in [-0.15, -0.1) is 22.7 Å². The summed E-state index contributed by atoms with van der Waals surface area (Å²) >= 11 is 3.60. The highest BCUT2D eigenvalue weighted by Gasteiger charge is 2.52. The van der Waals surface area contributed by atoms with Gasteiger partial charge < -0.3 is 0 Å². The smallest absolute Gasteiger partial charge is 0.0988 e. The van der Waals surface area contributed by atoms with Crippen molar-refractivity contribution < 1.29 is 0 Å². The van der Waals surface area contributed by atoms with Crippen LogP contribution in [-0.4, -0.2) is 9.97 Å². The summed E-state index contributed by atoms with van der Waals surface area (Å²) in [6, 6.07) is 0. The van der Waals surface area contributed by atoms with Crippen LogP contribution in [0.15, 0.2) is 10.8 Å². The number of rotatable bonds is 3. The van der Waals surface area contributed by atoms with Gasteiger partial charge in [-0.2, -0.15) is 0 Å². The second-order valence-electron chi connectivity index (χ2n) is 7.86. The van der Waals surface area contributed by atoms with Gasteiger partial charge in [-0.25, -0.2) is 9.97 Å². The molecule has 0 unspecified atom stereocenters. The zero-order valence-electron chi connectivity index (χ0n) is 13.0. The third kappa shape index (κ3) is 2.18. The lowest BCUT2D eigenvalue weighted by Gasteiger charge is -2.56. The quantitative estimate of drug-likeness (QED) is 0.794. The molecule has 4 fully saturated rings. The molecular formula is C18H22N2S2. The molecule has 22 heavy (non-hydrogen) atoms. The lowest BCUT2D eigenvalue weighted by atomic mass is 9.49. The summed E-state index contributed by atoms with van der Waals surface area (Å²) in [7, 11) is 0. The van der Waals surface area contributed by atoms with Crippen LogP contribution in [0.2, 0.25) is 0 Å². The largest absolute Gasteiger partial charge is 0.246 e. The third-order valence-electron chi connectivity index (χ3n) is 6.13. The van der Waals surface area contributed by atoms with Crippen LogP contribution in [0.4, 0.5) is 0 Å². The van der Waals surface area contributed by atoms with E-state index in [4.69, 9.17) is 4.98 Å². The van der Waals surface area contributed by atoms with E-state index in [1.807, 2.05) is 11.3 Å². The van der Waals surface area contributed by atoms with Crippen LogP contribution < -0.4 is 0 Å². The Morgan fingerprint density at radius 1 is 1.00 bits per heavy atom. The van der Waals surface area contributed by atoms with Crippen LogP contribution in [0, 0.1) is 24.7 Å². The third-order valence-corrected chi connectivity index (χ3v) is 7.80. The van der Waals surface area contributed by atoms with Gasteiger partial charge in [-0.1, -0.05) is 0 Å². The Morgan fingerprint density at radius 2 is 1.68 bits per heavy atom. The highest BCUT2D eigenvalue weighted by molar-refractivity contribution is 7.10. The number of thiazole rings is 2.